The molecule has 0 aliphatic heterocycles. The molecule has 0 aromatic rings. The van der Waals surface area contributed by atoms with E-state index in [0.717, 1.165) is 0 Å². The van der Waals surface area contributed by atoms with Gasteiger partial charge in [-0.05, 0) is 20.8 Å². The molecule has 0 amide bonds. The normalized spacial score (nSPS) is 18.8. The van der Waals surface area contributed by atoms with Crippen LogP contribution in [0.25, 0.3) is 0 Å². The first kappa shape index (κ1) is 9.86. The quantitative estimate of drug-likeness (QED) is 0.604. The van der Waals surface area contributed by atoms with Crippen molar-refractivity contribution in [2.75, 3.05) is 6.54 Å². The van der Waals surface area contributed by atoms with Crippen LogP contribution in [0.5, 0.6) is 0 Å². The van der Waals surface area contributed by atoms with E-state index in [0.29, 0.717) is 22.3 Å². The standard InChI is InChI=1S/C10H13NO2/c1-5-6(2)10(13)8(4-11)7(3)9(5)12/h4,11H2,1-3H3. The van der Waals surface area contributed by atoms with E-state index >= 15 is 0 Å². The van der Waals surface area contributed by atoms with E-state index in [1.807, 2.05) is 0 Å². The predicted octanol–water partition coefficient (Wildman–Crippen LogP) is 0.750. The maximum atomic E-state index is 11.6. The number of hydrogen-bond donors (Lipinski definition) is 1. The fraction of sp³-hybridized carbons (Fsp3) is 0.400. The summed E-state index contributed by atoms with van der Waals surface area (Å²) in [5.74, 6) is -0.144. The van der Waals surface area contributed by atoms with Gasteiger partial charge in [-0.25, -0.2) is 0 Å². The summed E-state index contributed by atoms with van der Waals surface area (Å²) in [5, 5.41) is 0. The number of rotatable bonds is 1. The smallest absolute Gasteiger partial charge is 0.186 e. The molecule has 1 aliphatic rings. The molecule has 13 heavy (non-hydrogen) atoms. The zero-order chi connectivity index (χ0) is 10.2. The predicted molar refractivity (Wildman–Crippen MR) is 50.1 cm³/mol. The van der Waals surface area contributed by atoms with Gasteiger partial charge in [-0.3, -0.25) is 9.59 Å². The Morgan fingerprint density at radius 2 is 1.38 bits per heavy atom. The van der Waals surface area contributed by atoms with Crippen LogP contribution in [0.3, 0.4) is 0 Å². The van der Waals surface area contributed by atoms with Gasteiger partial charge in [0.05, 0.1) is 0 Å². The lowest BCUT2D eigenvalue weighted by molar-refractivity contribution is -0.116. The Kier molecular flexibility index (Phi) is 2.48. The van der Waals surface area contributed by atoms with Crippen molar-refractivity contribution in [1.29, 1.82) is 0 Å². The average Bonchev–Trinajstić information content (AvgIpc) is 2.13. The summed E-state index contributed by atoms with van der Waals surface area (Å²) < 4.78 is 0. The Morgan fingerprint density at radius 1 is 0.923 bits per heavy atom. The van der Waals surface area contributed by atoms with Gasteiger partial charge in [0, 0.05) is 28.8 Å². The third-order valence-corrected chi connectivity index (χ3v) is 2.52. The molecule has 0 heterocycles. The zero-order valence-corrected chi connectivity index (χ0v) is 8.10. The summed E-state index contributed by atoms with van der Waals surface area (Å²) in [6.45, 7) is 5.13. The van der Waals surface area contributed by atoms with Gasteiger partial charge in [0.25, 0.3) is 0 Å². The molecule has 0 aromatic carbocycles. The van der Waals surface area contributed by atoms with E-state index in [1.54, 1.807) is 20.8 Å². The first-order valence-electron chi connectivity index (χ1n) is 4.17. The highest BCUT2D eigenvalue weighted by Gasteiger charge is 2.26. The highest BCUT2D eigenvalue weighted by atomic mass is 16.1. The van der Waals surface area contributed by atoms with Crippen molar-refractivity contribution < 1.29 is 9.59 Å². The summed E-state index contributed by atoms with van der Waals surface area (Å²) >= 11 is 0. The van der Waals surface area contributed by atoms with E-state index in [2.05, 4.69) is 0 Å². The number of Topliss-reactive ketones (excluding diaryl/α,β-unsaturated/α-hetero) is 2. The molecular weight excluding hydrogens is 166 g/mol. The van der Waals surface area contributed by atoms with Gasteiger partial charge in [-0.2, -0.15) is 0 Å². The minimum absolute atomic E-state index is 0.0578. The first-order chi connectivity index (χ1) is 6.00. The van der Waals surface area contributed by atoms with Gasteiger partial charge >= 0.3 is 0 Å². The van der Waals surface area contributed by atoms with E-state index in [1.165, 1.54) is 0 Å². The second-order valence-electron chi connectivity index (χ2n) is 3.22. The van der Waals surface area contributed by atoms with Crippen molar-refractivity contribution in [2.45, 2.75) is 20.8 Å². The van der Waals surface area contributed by atoms with Crippen LogP contribution >= 0.6 is 0 Å². The molecule has 70 valence electrons. The Balaban J connectivity index is 3.29. The van der Waals surface area contributed by atoms with Crippen molar-refractivity contribution >= 4 is 11.6 Å². The van der Waals surface area contributed by atoms with Crippen molar-refractivity contribution in [1.82, 2.24) is 0 Å². The summed E-state index contributed by atoms with van der Waals surface area (Å²) in [7, 11) is 0. The highest BCUT2D eigenvalue weighted by molar-refractivity contribution is 6.24. The Hall–Kier alpha value is -1.22. The molecule has 0 fully saturated rings. The third-order valence-electron chi connectivity index (χ3n) is 2.52. The minimum atomic E-state index is -0.0860. The van der Waals surface area contributed by atoms with Gasteiger partial charge in [0.2, 0.25) is 0 Å². The van der Waals surface area contributed by atoms with Gasteiger partial charge in [-0.15, -0.1) is 0 Å². The number of carbonyl (C=O) groups excluding carboxylic acids is 2. The van der Waals surface area contributed by atoms with Gasteiger partial charge in [0.15, 0.2) is 11.6 Å². The van der Waals surface area contributed by atoms with Gasteiger partial charge < -0.3 is 5.73 Å². The molecule has 0 bridgehead atoms. The van der Waals surface area contributed by atoms with Crippen LogP contribution in [-0.4, -0.2) is 18.1 Å². The first-order valence-corrected chi connectivity index (χ1v) is 4.17. The maximum absolute atomic E-state index is 11.6. The lowest BCUT2D eigenvalue weighted by Crippen LogP contribution is -2.25. The minimum Gasteiger partial charge on any atom is -0.326 e. The molecular formula is C10H13NO2. The zero-order valence-electron chi connectivity index (χ0n) is 8.10. The van der Waals surface area contributed by atoms with E-state index < -0.39 is 0 Å². The van der Waals surface area contributed by atoms with Crippen LogP contribution < -0.4 is 5.73 Å². The molecule has 3 nitrogen and oxygen atoms in total. The van der Waals surface area contributed by atoms with Crippen molar-refractivity contribution in [3.05, 3.63) is 22.3 Å². The number of nitrogens with two attached hydrogens (primary N) is 1. The van der Waals surface area contributed by atoms with Crippen LogP contribution in [0.1, 0.15) is 20.8 Å². The van der Waals surface area contributed by atoms with E-state index in [4.69, 9.17) is 5.73 Å². The molecule has 0 aromatic heterocycles. The van der Waals surface area contributed by atoms with Crippen molar-refractivity contribution in [3.63, 3.8) is 0 Å². The molecule has 1 aliphatic carbocycles. The van der Waals surface area contributed by atoms with Crippen LogP contribution in [0, 0.1) is 0 Å². The molecule has 0 unspecified atom stereocenters. The van der Waals surface area contributed by atoms with E-state index in [9.17, 15) is 9.59 Å². The molecule has 2 N–H and O–H groups in total. The third kappa shape index (κ3) is 1.35. The molecule has 0 saturated carbocycles. The van der Waals surface area contributed by atoms with Crippen LogP contribution in [-0.2, 0) is 9.59 Å². The molecule has 3 heteroatoms. The number of hydrogen-bond acceptors (Lipinski definition) is 3. The molecule has 0 atom stereocenters. The van der Waals surface area contributed by atoms with Crippen molar-refractivity contribution in [3.8, 4) is 0 Å². The Bertz CT molecular complexity index is 348. The lowest BCUT2D eigenvalue weighted by atomic mass is 9.86. The highest BCUT2D eigenvalue weighted by Crippen LogP contribution is 2.22. The SMILES string of the molecule is CC1=C(C)C(=O)C(CN)=C(C)C1=O. The molecule has 1 rings (SSSR count). The lowest BCUT2D eigenvalue weighted by Gasteiger charge is -2.16. The van der Waals surface area contributed by atoms with Crippen LogP contribution in [0.2, 0.25) is 0 Å². The van der Waals surface area contributed by atoms with Crippen LogP contribution in [0.4, 0.5) is 0 Å². The summed E-state index contributed by atoms with van der Waals surface area (Å²) in [4.78, 5) is 23.1. The summed E-state index contributed by atoms with van der Waals surface area (Å²) in [6, 6.07) is 0. The largest absolute Gasteiger partial charge is 0.326 e. The second kappa shape index (κ2) is 3.26. The number of ketones is 2. The summed E-state index contributed by atoms with van der Waals surface area (Å²) in [5.41, 5.74) is 7.41. The van der Waals surface area contributed by atoms with E-state index in [-0.39, 0.29) is 18.1 Å². The molecule has 0 spiro atoms. The fourth-order valence-corrected chi connectivity index (χ4v) is 1.40. The maximum Gasteiger partial charge on any atom is 0.186 e. The van der Waals surface area contributed by atoms with Gasteiger partial charge in [0.1, 0.15) is 0 Å². The average molecular weight is 179 g/mol. The topological polar surface area (TPSA) is 60.2 Å². The number of allylic oxidation sites excluding steroid dienone is 3. The molecule has 0 radical (unpaired) electrons. The Labute approximate surface area is 77.3 Å². The monoisotopic (exact) mass is 179 g/mol. The second-order valence-corrected chi connectivity index (χ2v) is 3.22. The fourth-order valence-electron chi connectivity index (χ4n) is 1.40. The van der Waals surface area contributed by atoms with Crippen LogP contribution in [0.15, 0.2) is 22.3 Å². The van der Waals surface area contributed by atoms with Crippen molar-refractivity contribution in [2.24, 2.45) is 5.73 Å². The summed E-state index contributed by atoms with van der Waals surface area (Å²) in [6.07, 6.45) is 0. The van der Waals surface area contributed by atoms with Gasteiger partial charge in [-0.1, -0.05) is 0 Å². The molecule has 0 saturated heterocycles. The Morgan fingerprint density at radius 3 is 1.85 bits per heavy atom. The number of carbonyl (C=O) groups is 2.